The number of carbonyl (C=O) groups is 1. The van der Waals surface area contributed by atoms with Crippen molar-refractivity contribution in [3.63, 3.8) is 0 Å². The van der Waals surface area contributed by atoms with Gasteiger partial charge in [0.25, 0.3) is 0 Å². The van der Waals surface area contributed by atoms with E-state index >= 15 is 0 Å². The van der Waals surface area contributed by atoms with E-state index in [2.05, 4.69) is 15.2 Å². The summed E-state index contributed by atoms with van der Waals surface area (Å²) in [6.45, 7) is 3.98. The zero-order valence-corrected chi connectivity index (χ0v) is 19.7. The van der Waals surface area contributed by atoms with Gasteiger partial charge in [0.15, 0.2) is 0 Å². The van der Waals surface area contributed by atoms with Crippen molar-refractivity contribution in [2.24, 2.45) is 0 Å². The number of ether oxygens (including phenoxy) is 2. The second-order valence-electron chi connectivity index (χ2n) is 8.62. The Kier molecular flexibility index (Phi) is 8.43. The summed E-state index contributed by atoms with van der Waals surface area (Å²) in [6.07, 6.45) is 0.411. The van der Waals surface area contributed by atoms with Crippen molar-refractivity contribution in [2.75, 3.05) is 26.3 Å². The van der Waals surface area contributed by atoms with Gasteiger partial charge >= 0.3 is 6.18 Å². The van der Waals surface area contributed by atoms with E-state index in [1.807, 2.05) is 19.1 Å². The molecular weight excluding hydrogens is 471 g/mol. The van der Waals surface area contributed by atoms with Crippen LogP contribution in [0.15, 0.2) is 48.8 Å². The molecule has 0 saturated carbocycles. The molecule has 2 aliphatic rings. The van der Waals surface area contributed by atoms with Crippen LogP contribution in [-0.4, -0.2) is 53.7 Å². The number of carbonyl (C=O) groups excluding carboxylic acids is 1. The number of rotatable bonds is 6. The van der Waals surface area contributed by atoms with Gasteiger partial charge in [0.05, 0.1) is 11.6 Å². The number of benzene rings is 1. The number of aromatic nitrogens is 1. The fraction of sp³-hybridized carbons (Fsp3) is 0.500. The van der Waals surface area contributed by atoms with Gasteiger partial charge in [0.1, 0.15) is 17.4 Å². The van der Waals surface area contributed by atoms with Gasteiger partial charge in [0.2, 0.25) is 5.91 Å². The summed E-state index contributed by atoms with van der Waals surface area (Å²) in [5.41, 5.74) is -0.501. The summed E-state index contributed by atoms with van der Waals surface area (Å²) in [4.78, 5) is 19.7. The molecule has 1 amide bonds. The largest absolute Gasteiger partial charge is 0.489 e. The summed E-state index contributed by atoms with van der Waals surface area (Å²) in [5, 5.41) is 3.14. The maximum Gasteiger partial charge on any atom is 0.416 e. The molecule has 0 radical (unpaired) electrons. The third-order valence-corrected chi connectivity index (χ3v) is 6.51. The highest BCUT2D eigenvalue weighted by atomic mass is 35.5. The molecule has 10 heteroatoms. The lowest BCUT2D eigenvalue weighted by Crippen LogP contribution is -2.61. The molecule has 0 aliphatic carbocycles. The van der Waals surface area contributed by atoms with Crippen LogP contribution in [0.3, 0.4) is 0 Å². The number of hydrogen-bond acceptors (Lipinski definition) is 5. The molecule has 186 valence electrons. The Balaban J connectivity index is 0.00000324. The standard InChI is InChI=1S/C24H28F3N3O3.ClH/c1-17(18-5-10-28-11-6-18)29-22(31)23(8-13-32-14-9-23)30-12-7-21(16-30)33-20-4-2-3-19(15-20)24(25,26)27;/h2-6,10-11,15,17,21H,7-9,12-14,16H2,1H3,(H,29,31);1H/t17-,21+;/m0./s1. The smallest absolute Gasteiger partial charge is 0.416 e. The minimum Gasteiger partial charge on any atom is -0.489 e. The van der Waals surface area contributed by atoms with Gasteiger partial charge in [-0.15, -0.1) is 12.4 Å². The summed E-state index contributed by atoms with van der Waals surface area (Å²) in [5.74, 6) is 0.128. The maximum atomic E-state index is 13.5. The van der Waals surface area contributed by atoms with Crippen molar-refractivity contribution in [2.45, 2.75) is 50.0 Å². The fourth-order valence-electron chi connectivity index (χ4n) is 4.61. The van der Waals surface area contributed by atoms with E-state index in [0.717, 1.165) is 17.7 Å². The molecule has 1 aromatic heterocycles. The maximum absolute atomic E-state index is 13.5. The van der Waals surface area contributed by atoms with Crippen molar-refractivity contribution in [1.82, 2.24) is 15.2 Å². The summed E-state index contributed by atoms with van der Waals surface area (Å²) in [7, 11) is 0. The number of hydrogen-bond donors (Lipinski definition) is 1. The van der Waals surface area contributed by atoms with Crippen LogP contribution in [0.5, 0.6) is 5.75 Å². The highest BCUT2D eigenvalue weighted by Gasteiger charge is 2.48. The monoisotopic (exact) mass is 499 g/mol. The van der Waals surface area contributed by atoms with Crippen LogP contribution in [0.1, 0.15) is 43.4 Å². The van der Waals surface area contributed by atoms with Crippen molar-refractivity contribution < 1.29 is 27.4 Å². The molecule has 34 heavy (non-hydrogen) atoms. The molecule has 0 spiro atoms. The summed E-state index contributed by atoms with van der Waals surface area (Å²) >= 11 is 0. The van der Waals surface area contributed by atoms with E-state index in [9.17, 15) is 18.0 Å². The van der Waals surface area contributed by atoms with Crippen LogP contribution in [0.4, 0.5) is 13.2 Å². The highest BCUT2D eigenvalue weighted by molar-refractivity contribution is 5.87. The lowest BCUT2D eigenvalue weighted by atomic mass is 9.86. The van der Waals surface area contributed by atoms with Gasteiger partial charge in [-0.3, -0.25) is 14.7 Å². The third kappa shape index (κ3) is 5.82. The van der Waals surface area contributed by atoms with Gasteiger partial charge in [-0.1, -0.05) is 6.07 Å². The van der Waals surface area contributed by atoms with E-state index in [-0.39, 0.29) is 36.2 Å². The molecule has 2 fully saturated rings. The molecule has 3 heterocycles. The van der Waals surface area contributed by atoms with Gasteiger partial charge in [-0.25, -0.2) is 0 Å². The Morgan fingerprint density at radius 1 is 1.24 bits per heavy atom. The number of likely N-dealkylation sites (tertiary alicyclic amines) is 1. The van der Waals surface area contributed by atoms with E-state index in [1.165, 1.54) is 12.1 Å². The molecule has 2 aliphatic heterocycles. The number of halogens is 4. The van der Waals surface area contributed by atoms with E-state index < -0.39 is 17.3 Å². The number of nitrogens with one attached hydrogen (secondary N) is 1. The van der Waals surface area contributed by atoms with E-state index in [0.29, 0.717) is 45.6 Å². The van der Waals surface area contributed by atoms with E-state index in [1.54, 1.807) is 12.4 Å². The molecular formula is C24H29ClF3N3O3. The lowest BCUT2D eigenvalue weighted by molar-refractivity contribution is -0.141. The van der Waals surface area contributed by atoms with Crippen molar-refractivity contribution in [1.29, 1.82) is 0 Å². The van der Waals surface area contributed by atoms with Gasteiger partial charge in [0, 0.05) is 38.7 Å². The molecule has 1 N–H and O–H groups in total. The highest BCUT2D eigenvalue weighted by Crippen LogP contribution is 2.35. The van der Waals surface area contributed by atoms with Crippen LogP contribution in [0, 0.1) is 0 Å². The molecule has 2 saturated heterocycles. The zero-order valence-electron chi connectivity index (χ0n) is 18.9. The average molecular weight is 500 g/mol. The quantitative estimate of drug-likeness (QED) is 0.638. The number of nitrogens with zero attached hydrogens (tertiary/aromatic N) is 2. The zero-order chi connectivity index (χ0) is 23.5. The van der Waals surface area contributed by atoms with Crippen molar-refractivity contribution >= 4 is 18.3 Å². The van der Waals surface area contributed by atoms with Crippen LogP contribution < -0.4 is 10.1 Å². The van der Waals surface area contributed by atoms with Crippen LogP contribution in [-0.2, 0) is 15.7 Å². The Morgan fingerprint density at radius 2 is 1.94 bits per heavy atom. The Bertz CT molecular complexity index is 955. The second-order valence-corrected chi connectivity index (χ2v) is 8.62. The van der Waals surface area contributed by atoms with Gasteiger partial charge in [-0.05, 0) is 62.1 Å². The first-order valence-electron chi connectivity index (χ1n) is 11.2. The summed E-state index contributed by atoms with van der Waals surface area (Å²) < 4.78 is 50.5. The minimum absolute atomic E-state index is 0. The average Bonchev–Trinajstić information content (AvgIpc) is 3.28. The molecule has 0 bridgehead atoms. The van der Waals surface area contributed by atoms with Crippen LogP contribution >= 0.6 is 12.4 Å². The first kappa shape index (κ1) is 26.2. The molecule has 0 unspecified atom stereocenters. The molecule has 1 aromatic carbocycles. The fourth-order valence-corrected chi connectivity index (χ4v) is 4.61. The second kappa shape index (κ2) is 10.9. The summed E-state index contributed by atoms with van der Waals surface area (Å²) in [6, 6.07) is 8.49. The normalized spacial score (nSPS) is 21.4. The molecule has 2 atom stereocenters. The van der Waals surface area contributed by atoms with Crippen molar-refractivity contribution in [3.05, 3.63) is 59.9 Å². The number of alkyl halides is 3. The topological polar surface area (TPSA) is 63.7 Å². The SMILES string of the molecule is C[C@H](NC(=O)C1(N2CC[C@@H](Oc3cccc(C(F)(F)F)c3)C2)CCOCC1)c1ccncc1.Cl. The first-order chi connectivity index (χ1) is 15.8. The van der Waals surface area contributed by atoms with Crippen LogP contribution in [0.2, 0.25) is 0 Å². The Hall–Kier alpha value is -2.36. The van der Waals surface area contributed by atoms with Crippen LogP contribution in [0.25, 0.3) is 0 Å². The Labute approximate surface area is 203 Å². The van der Waals surface area contributed by atoms with Gasteiger partial charge in [-0.2, -0.15) is 13.2 Å². The molecule has 2 aromatic rings. The minimum atomic E-state index is -4.42. The predicted molar refractivity (Wildman–Crippen MR) is 123 cm³/mol. The Morgan fingerprint density at radius 3 is 2.62 bits per heavy atom. The third-order valence-electron chi connectivity index (χ3n) is 6.51. The first-order valence-corrected chi connectivity index (χ1v) is 11.2. The molecule has 6 nitrogen and oxygen atoms in total. The number of amides is 1. The number of pyridine rings is 1. The van der Waals surface area contributed by atoms with Crippen molar-refractivity contribution in [3.8, 4) is 5.75 Å². The lowest BCUT2D eigenvalue weighted by Gasteiger charge is -2.43. The van der Waals surface area contributed by atoms with E-state index in [4.69, 9.17) is 9.47 Å². The van der Waals surface area contributed by atoms with Gasteiger partial charge < -0.3 is 14.8 Å². The molecule has 4 rings (SSSR count). The predicted octanol–water partition coefficient (Wildman–Crippen LogP) is 4.40.